The van der Waals surface area contributed by atoms with Gasteiger partial charge in [-0.1, -0.05) is 18.2 Å². The molecule has 0 spiro atoms. The van der Waals surface area contributed by atoms with Gasteiger partial charge >= 0.3 is 5.97 Å². The lowest BCUT2D eigenvalue weighted by molar-refractivity contribution is -0.161. The van der Waals surface area contributed by atoms with E-state index in [4.69, 9.17) is 4.74 Å². The highest BCUT2D eigenvalue weighted by Gasteiger charge is 2.52. The molecule has 2 bridgehead atoms. The first-order chi connectivity index (χ1) is 8.88. The average Bonchev–Trinajstić information content (AvgIpc) is 2.92. The minimum Gasteiger partial charge on any atom is -0.457 e. The molecule has 0 unspecified atom stereocenters. The molecule has 104 valence electrons. The fourth-order valence-electron chi connectivity index (χ4n) is 3.74. The van der Waals surface area contributed by atoms with Crippen molar-refractivity contribution in [3.05, 3.63) is 24.3 Å². The second-order valence-corrected chi connectivity index (χ2v) is 7.10. The normalized spacial score (nSPS) is 43.4. The Morgan fingerprint density at radius 3 is 2.37 bits per heavy atom. The van der Waals surface area contributed by atoms with E-state index in [1.165, 1.54) is 0 Å². The van der Waals surface area contributed by atoms with Crippen molar-refractivity contribution in [1.29, 1.82) is 0 Å². The smallest absolute Gasteiger partial charge is 0.311 e. The zero-order valence-corrected chi connectivity index (χ0v) is 11.7. The van der Waals surface area contributed by atoms with Crippen molar-refractivity contribution in [3.8, 4) is 0 Å². The highest BCUT2D eigenvalue weighted by molar-refractivity contribution is 5.75. The van der Waals surface area contributed by atoms with E-state index < -0.39 is 11.5 Å². The molecule has 0 amide bonds. The number of allylic oxidation sites excluding steroid dienone is 2. The van der Waals surface area contributed by atoms with Crippen molar-refractivity contribution in [2.24, 2.45) is 29.1 Å². The highest BCUT2D eigenvalue weighted by Crippen LogP contribution is 2.53. The van der Waals surface area contributed by atoms with Crippen LogP contribution < -0.4 is 0 Å². The number of hydrogen-bond donors (Lipinski definition) is 1. The van der Waals surface area contributed by atoms with Crippen LogP contribution in [0, 0.1) is 29.1 Å². The van der Waals surface area contributed by atoms with Crippen LogP contribution in [0.2, 0.25) is 0 Å². The van der Waals surface area contributed by atoms with Gasteiger partial charge in [0.05, 0.1) is 11.5 Å². The number of aliphatic hydroxyl groups is 1. The van der Waals surface area contributed by atoms with Crippen LogP contribution in [-0.2, 0) is 9.53 Å². The quantitative estimate of drug-likeness (QED) is 0.582. The lowest BCUT2D eigenvalue weighted by Crippen LogP contribution is -2.43. The van der Waals surface area contributed by atoms with E-state index in [1.807, 2.05) is 26.8 Å². The molecule has 0 aromatic heterocycles. The number of ether oxygens (including phenoxy) is 1. The maximum Gasteiger partial charge on any atom is 0.311 e. The summed E-state index contributed by atoms with van der Waals surface area (Å²) < 4.78 is 5.70. The molecular formula is C16H22O3. The molecule has 3 aliphatic rings. The van der Waals surface area contributed by atoms with Gasteiger partial charge in [-0.05, 0) is 45.1 Å². The van der Waals surface area contributed by atoms with Gasteiger partial charge in [0.15, 0.2) is 0 Å². The Labute approximate surface area is 114 Å². The van der Waals surface area contributed by atoms with Crippen molar-refractivity contribution in [3.63, 3.8) is 0 Å². The molecule has 0 radical (unpaired) electrons. The summed E-state index contributed by atoms with van der Waals surface area (Å²) in [6.07, 6.45) is 8.65. The molecule has 3 heteroatoms. The topological polar surface area (TPSA) is 46.5 Å². The third kappa shape index (κ3) is 2.04. The molecule has 3 rings (SSSR count). The Bertz CT molecular complexity index is 443. The Hall–Kier alpha value is -1.09. The lowest BCUT2D eigenvalue weighted by atomic mass is 9.73. The van der Waals surface area contributed by atoms with Crippen molar-refractivity contribution in [1.82, 2.24) is 0 Å². The molecule has 0 heterocycles. The van der Waals surface area contributed by atoms with E-state index in [0.29, 0.717) is 11.8 Å². The van der Waals surface area contributed by atoms with Crippen LogP contribution in [0.1, 0.15) is 27.2 Å². The third-order valence-corrected chi connectivity index (χ3v) is 4.71. The van der Waals surface area contributed by atoms with Gasteiger partial charge in [0, 0.05) is 11.8 Å². The number of hydrogen-bond acceptors (Lipinski definition) is 3. The predicted molar refractivity (Wildman–Crippen MR) is 72.2 cm³/mol. The molecule has 0 aromatic carbocycles. The largest absolute Gasteiger partial charge is 0.457 e. The lowest BCUT2D eigenvalue weighted by Gasteiger charge is -2.38. The molecule has 0 aliphatic heterocycles. The van der Waals surface area contributed by atoms with Gasteiger partial charge in [-0.15, -0.1) is 0 Å². The summed E-state index contributed by atoms with van der Waals surface area (Å²) in [6, 6.07) is 0. The number of rotatable bonds is 1. The van der Waals surface area contributed by atoms with Crippen molar-refractivity contribution in [2.45, 2.75) is 39.4 Å². The van der Waals surface area contributed by atoms with Gasteiger partial charge in [-0.25, -0.2) is 0 Å². The Kier molecular flexibility index (Phi) is 2.86. The maximum absolute atomic E-state index is 12.1. The summed E-state index contributed by atoms with van der Waals surface area (Å²) in [4.78, 5) is 12.1. The average molecular weight is 262 g/mol. The number of carbonyl (C=O) groups excluding carboxylic acids is 1. The molecule has 0 saturated heterocycles. The Balaban J connectivity index is 1.81. The van der Waals surface area contributed by atoms with Gasteiger partial charge in [0.1, 0.15) is 6.10 Å². The standard InChI is InChI=1S/C16H22O3/c1-16(2,3)15(18)19-12-7-6-11(17)13-9-4-5-10(8-9)14(12)13/h4-7,9-14,17H,8H2,1-3H3/t9-,10+,11+,12-,13+,14-/m1/s1. The summed E-state index contributed by atoms with van der Waals surface area (Å²) in [5.41, 5.74) is -0.479. The molecule has 19 heavy (non-hydrogen) atoms. The SMILES string of the molecule is CC(C)(C)C(=O)O[C@@H]1C=C[C@H](O)[C@H]2[C@@H]1[C@H]1C=C[C@@H]2C1. The van der Waals surface area contributed by atoms with Crippen LogP contribution in [-0.4, -0.2) is 23.3 Å². The molecule has 3 nitrogen and oxygen atoms in total. The second-order valence-electron chi connectivity index (χ2n) is 7.10. The fourth-order valence-corrected chi connectivity index (χ4v) is 3.74. The molecule has 3 aliphatic carbocycles. The summed E-state index contributed by atoms with van der Waals surface area (Å²) in [6.45, 7) is 5.61. The van der Waals surface area contributed by atoms with Crippen molar-refractivity contribution >= 4 is 5.97 Å². The number of aliphatic hydroxyl groups excluding tert-OH is 1. The monoisotopic (exact) mass is 262 g/mol. The minimum atomic E-state index is -0.479. The van der Waals surface area contributed by atoms with Gasteiger partial charge in [-0.2, -0.15) is 0 Å². The van der Waals surface area contributed by atoms with Gasteiger partial charge in [-0.3, -0.25) is 4.79 Å². The number of carbonyl (C=O) groups is 1. The summed E-state index contributed by atoms with van der Waals surface area (Å²) in [5, 5.41) is 10.2. The van der Waals surface area contributed by atoms with Crippen LogP contribution >= 0.6 is 0 Å². The van der Waals surface area contributed by atoms with Gasteiger partial charge < -0.3 is 9.84 Å². The molecule has 1 fully saturated rings. The summed E-state index contributed by atoms with van der Waals surface area (Å²) in [5.74, 6) is 1.21. The van der Waals surface area contributed by atoms with Crippen LogP contribution in [0.4, 0.5) is 0 Å². The maximum atomic E-state index is 12.1. The first kappa shape index (κ1) is 12.9. The highest BCUT2D eigenvalue weighted by atomic mass is 16.5. The van der Waals surface area contributed by atoms with E-state index in [1.54, 1.807) is 6.08 Å². The summed E-state index contributed by atoms with van der Waals surface area (Å²) >= 11 is 0. The van der Waals surface area contributed by atoms with E-state index in [-0.39, 0.29) is 23.9 Å². The first-order valence-electron chi connectivity index (χ1n) is 7.14. The van der Waals surface area contributed by atoms with E-state index in [2.05, 4.69) is 12.2 Å². The van der Waals surface area contributed by atoms with E-state index in [0.717, 1.165) is 6.42 Å². The Morgan fingerprint density at radius 1 is 1.11 bits per heavy atom. The van der Waals surface area contributed by atoms with Crippen LogP contribution in [0.25, 0.3) is 0 Å². The molecule has 1 saturated carbocycles. The van der Waals surface area contributed by atoms with E-state index >= 15 is 0 Å². The van der Waals surface area contributed by atoms with Crippen molar-refractivity contribution in [2.75, 3.05) is 0 Å². The molecule has 0 aromatic rings. The van der Waals surface area contributed by atoms with Crippen molar-refractivity contribution < 1.29 is 14.6 Å². The second kappa shape index (κ2) is 4.20. The fraction of sp³-hybridized carbons (Fsp3) is 0.688. The summed E-state index contributed by atoms with van der Waals surface area (Å²) in [7, 11) is 0. The van der Waals surface area contributed by atoms with E-state index in [9.17, 15) is 9.90 Å². The number of esters is 1. The Morgan fingerprint density at radius 2 is 1.74 bits per heavy atom. The van der Waals surface area contributed by atoms with Gasteiger partial charge in [0.25, 0.3) is 0 Å². The molecule has 6 atom stereocenters. The van der Waals surface area contributed by atoms with Crippen LogP contribution in [0.3, 0.4) is 0 Å². The van der Waals surface area contributed by atoms with Crippen LogP contribution in [0.15, 0.2) is 24.3 Å². The first-order valence-corrected chi connectivity index (χ1v) is 7.14. The molecule has 1 N–H and O–H groups in total. The molecular weight excluding hydrogens is 240 g/mol. The predicted octanol–water partition coefficient (Wildman–Crippen LogP) is 2.31. The minimum absolute atomic E-state index is 0.163. The van der Waals surface area contributed by atoms with Crippen LogP contribution in [0.5, 0.6) is 0 Å². The third-order valence-electron chi connectivity index (χ3n) is 4.71. The number of fused-ring (bicyclic) bond motifs is 5. The van der Waals surface area contributed by atoms with Gasteiger partial charge in [0.2, 0.25) is 0 Å². The zero-order valence-electron chi connectivity index (χ0n) is 11.7. The zero-order chi connectivity index (χ0) is 13.8.